The van der Waals surface area contributed by atoms with Gasteiger partial charge in [0.15, 0.2) is 5.76 Å². The van der Waals surface area contributed by atoms with Crippen molar-refractivity contribution in [1.82, 2.24) is 15.3 Å². The fourth-order valence-corrected chi connectivity index (χ4v) is 5.25. The molecule has 6 rings (SSSR count). The Bertz CT molecular complexity index is 1150. The molecule has 5 heterocycles. The molecule has 2 saturated heterocycles. The molecule has 0 spiro atoms. The number of nitrogens with one attached hydrogen (secondary N) is 1. The van der Waals surface area contributed by atoms with E-state index in [4.69, 9.17) is 24.7 Å². The first-order valence-electron chi connectivity index (χ1n) is 12.6. The van der Waals surface area contributed by atoms with Gasteiger partial charge in [-0.15, -0.1) is 0 Å². The minimum Gasteiger partial charge on any atom is -0.483 e. The number of aliphatic imine (C=N–C) groups is 1. The van der Waals surface area contributed by atoms with E-state index >= 15 is 0 Å². The lowest BCUT2D eigenvalue weighted by Crippen LogP contribution is -2.62. The zero-order valence-corrected chi connectivity index (χ0v) is 20.9. The van der Waals surface area contributed by atoms with E-state index in [9.17, 15) is 4.39 Å². The largest absolute Gasteiger partial charge is 0.483 e. The van der Waals surface area contributed by atoms with Gasteiger partial charge in [0.25, 0.3) is 0 Å². The Balaban J connectivity index is 1.17. The predicted octanol–water partition coefficient (Wildman–Crippen LogP) is 3.02. The van der Waals surface area contributed by atoms with Crippen LogP contribution in [0.25, 0.3) is 11.0 Å². The van der Waals surface area contributed by atoms with Crippen LogP contribution in [-0.2, 0) is 20.6 Å². The van der Waals surface area contributed by atoms with Gasteiger partial charge >= 0.3 is 0 Å². The number of hydrogen-bond donors (Lipinski definition) is 2. The standard InChI is InChI=1S/C26H34FN5O4/c1-17(29-15-21-24(28)35-12-11-34-21)13-31-25-7-9-26(10-8-25,36-16-25)6-5-18-19(27)14-30-20-3-4-22(33-2)32-23(18)20/h3-4,14-15,17,31H,5-13,16,28H2,1-2H3. The van der Waals surface area contributed by atoms with E-state index in [0.29, 0.717) is 54.5 Å². The van der Waals surface area contributed by atoms with Crippen LogP contribution in [0.2, 0.25) is 0 Å². The number of aromatic nitrogens is 2. The Morgan fingerprint density at radius 1 is 1.25 bits per heavy atom. The van der Waals surface area contributed by atoms with Crippen molar-refractivity contribution in [2.24, 2.45) is 10.7 Å². The van der Waals surface area contributed by atoms with Gasteiger partial charge in [-0.1, -0.05) is 0 Å². The van der Waals surface area contributed by atoms with Crippen LogP contribution in [0.4, 0.5) is 4.39 Å². The maximum absolute atomic E-state index is 14.8. The number of methoxy groups -OCH3 is 1. The monoisotopic (exact) mass is 499 g/mol. The first kappa shape index (κ1) is 24.7. The average Bonchev–Trinajstić information content (AvgIpc) is 2.92. The predicted molar refractivity (Wildman–Crippen MR) is 133 cm³/mol. The number of halogens is 1. The first-order valence-corrected chi connectivity index (χ1v) is 12.6. The summed E-state index contributed by atoms with van der Waals surface area (Å²) in [6, 6.07) is 3.60. The van der Waals surface area contributed by atoms with Gasteiger partial charge in [-0.2, -0.15) is 0 Å². The average molecular weight is 500 g/mol. The molecule has 9 nitrogen and oxygen atoms in total. The summed E-state index contributed by atoms with van der Waals surface area (Å²) >= 11 is 0. The van der Waals surface area contributed by atoms with Crippen LogP contribution in [0.1, 0.15) is 44.6 Å². The van der Waals surface area contributed by atoms with Crippen LogP contribution in [0.15, 0.2) is 35.0 Å². The highest BCUT2D eigenvalue weighted by Crippen LogP contribution is 2.46. The number of pyridine rings is 2. The topological polar surface area (TPSA) is 113 Å². The molecule has 194 valence electrons. The van der Waals surface area contributed by atoms with Crippen LogP contribution in [0.5, 0.6) is 5.88 Å². The molecule has 0 amide bonds. The van der Waals surface area contributed by atoms with Crippen molar-refractivity contribution in [2.45, 2.75) is 62.6 Å². The fraction of sp³-hybridized carbons (Fsp3) is 0.577. The van der Waals surface area contributed by atoms with Gasteiger partial charge in [-0.25, -0.2) is 9.37 Å². The van der Waals surface area contributed by atoms with Gasteiger partial charge < -0.3 is 30.0 Å². The number of nitrogens with two attached hydrogens (primary N) is 1. The molecule has 1 unspecified atom stereocenters. The highest BCUT2D eigenvalue weighted by Gasteiger charge is 2.49. The zero-order valence-electron chi connectivity index (χ0n) is 20.9. The second kappa shape index (κ2) is 10.2. The fourth-order valence-electron chi connectivity index (χ4n) is 5.25. The molecule has 2 bridgehead atoms. The first-order chi connectivity index (χ1) is 17.4. The third-order valence-corrected chi connectivity index (χ3v) is 7.61. The molecule has 1 aliphatic carbocycles. The van der Waals surface area contributed by atoms with Gasteiger partial charge in [-0.3, -0.25) is 9.98 Å². The Morgan fingerprint density at radius 2 is 2.06 bits per heavy atom. The maximum atomic E-state index is 14.8. The van der Waals surface area contributed by atoms with E-state index < -0.39 is 0 Å². The molecule has 4 aliphatic rings. The van der Waals surface area contributed by atoms with E-state index in [1.54, 1.807) is 19.4 Å². The van der Waals surface area contributed by atoms with Gasteiger partial charge in [0, 0.05) is 23.7 Å². The quantitative estimate of drug-likeness (QED) is 0.507. The van der Waals surface area contributed by atoms with Crippen molar-refractivity contribution in [3.05, 3.63) is 41.4 Å². The summed E-state index contributed by atoms with van der Waals surface area (Å²) in [5, 5.41) is 3.71. The summed E-state index contributed by atoms with van der Waals surface area (Å²) in [6.07, 6.45) is 8.13. The van der Waals surface area contributed by atoms with Crippen LogP contribution < -0.4 is 15.8 Å². The third kappa shape index (κ3) is 5.10. The summed E-state index contributed by atoms with van der Waals surface area (Å²) in [4.78, 5) is 13.2. The van der Waals surface area contributed by atoms with Gasteiger partial charge in [0.05, 0.1) is 48.8 Å². The van der Waals surface area contributed by atoms with E-state index in [-0.39, 0.29) is 28.9 Å². The highest BCUT2D eigenvalue weighted by atomic mass is 19.1. The molecule has 36 heavy (non-hydrogen) atoms. The van der Waals surface area contributed by atoms with Crippen LogP contribution in [0.3, 0.4) is 0 Å². The molecule has 10 heteroatoms. The Labute approximate surface area is 210 Å². The molecular formula is C26H34FN5O4. The number of ether oxygens (including phenoxy) is 4. The van der Waals surface area contributed by atoms with Gasteiger partial charge in [-0.05, 0) is 51.5 Å². The lowest BCUT2D eigenvalue weighted by Gasteiger charge is -2.54. The van der Waals surface area contributed by atoms with Crippen molar-refractivity contribution in [2.75, 3.05) is 33.5 Å². The van der Waals surface area contributed by atoms with Crippen molar-refractivity contribution in [3.63, 3.8) is 0 Å². The Kier molecular flexibility index (Phi) is 6.98. The number of rotatable bonds is 9. The molecule has 3 N–H and O–H groups in total. The second-order valence-corrected chi connectivity index (χ2v) is 9.99. The molecular weight excluding hydrogens is 465 g/mol. The van der Waals surface area contributed by atoms with E-state index in [2.05, 4.69) is 20.3 Å². The molecule has 2 aromatic heterocycles. The summed E-state index contributed by atoms with van der Waals surface area (Å²) in [6.45, 7) is 4.36. The summed E-state index contributed by atoms with van der Waals surface area (Å²) in [5.74, 6) is 0.888. The normalized spacial score (nSPS) is 26.8. The Hall–Kier alpha value is -2.98. The smallest absolute Gasteiger partial charge is 0.229 e. The minimum atomic E-state index is -0.334. The molecule has 0 aromatic carbocycles. The highest BCUT2D eigenvalue weighted by molar-refractivity contribution is 5.78. The van der Waals surface area contributed by atoms with Gasteiger partial charge in [0.1, 0.15) is 19.0 Å². The minimum absolute atomic E-state index is 0.0438. The van der Waals surface area contributed by atoms with Gasteiger partial charge in [0.2, 0.25) is 11.8 Å². The molecule has 2 aromatic rings. The van der Waals surface area contributed by atoms with Crippen molar-refractivity contribution < 1.29 is 23.3 Å². The second-order valence-electron chi connectivity index (χ2n) is 9.99. The third-order valence-electron chi connectivity index (χ3n) is 7.61. The molecule has 0 radical (unpaired) electrons. The Morgan fingerprint density at radius 3 is 2.78 bits per heavy atom. The summed E-state index contributed by atoms with van der Waals surface area (Å²) in [5.41, 5.74) is 7.34. The van der Waals surface area contributed by atoms with Crippen molar-refractivity contribution >= 4 is 17.2 Å². The van der Waals surface area contributed by atoms with Crippen LogP contribution in [0, 0.1) is 5.82 Å². The van der Waals surface area contributed by atoms with Crippen LogP contribution in [-0.4, -0.2) is 66.8 Å². The van der Waals surface area contributed by atoms with Crippen molar-refractivity contribution in [3.8, 4) is 5.88 Å². The lowest BCUT2D eigenvalue weighted by molar-refractivity contribution is -0.165. The number of nitrogens with zero attached hydrogens (tertiary/aromatic N) is 3. The molecule has 1 saturated carbocycles. The van der Waals surface area contributed by atoms with E-state index in [0.717, 1.165) is 38.6 Å². The lowest BCUT2D eigenvalue weighted by atomic mass is 9.69. The van der Waals surface area contributed by atoms with Crippen molar-refractivity contribution in [1.29, 1.82) is 0 Å². The summed E-state index contributed by atoms with van der Waals surface area (Å²) < 4.78 is 37.2. The maximum Gasteiger partial charge on any atom is 0.229 e. The van der Waals surface area contributed by atoms with E-state index in [1.165, 1.54) is 6.20 Å². The number of allylic oxidation sites excluding steroid dienone is 1. The number of aryl methyl sites for hydroxylation is 1. The summed E-state index contributed by atoms with van der Waals surface area (Å²) in [7, 11) is 1.55. The SMILES string of the molecule is COc1ccc2ncc(F)c(CCC34CCC(NCC(C)N=CC5=C(N)OCCO5)(CC3)CO4)c2n1. The number of fused-ring (bicyclic) bond motifs is 4. The molecule has 1 atom stereocenters. The van der Waals surface area contributed by atoms with E-state index in [1.807, 2.05) is 13.0 Å². The molecule has 3 fully saturated rings. The number of hydrogen-bond acceptors (Lipinski definition) is 9. The zero-order chi connectivity index (χ0) is 25.2. The molecule has 3 aliphatic heterocycles. The van der Waals surface area contributed by atoms with Crippen LogP contribution >= 0.6 is 0 Å².